The summed E-state index contributed by atoms with van der Waals surface area (Å²) in [5, 5.41) is 9.27. The average Bonchev–Trinajstić information content (AvgIpc) is 2.67. The molecule has 0 aromatic heterocycles. The minimum Gasteiger partial charge on any atom is -0.357 e. The molecule has 0 spiro atoms. The van der Waals surface area contributed by atoms with Crippen LogP contribution in [0.3, 0.4) is 0 Å². The Kier molecular flexibility index (Phi) is 10.5. The van der Waals surface area contributed by atoms with Crippen molar-refractivity contribution in [2.45, 2.75) is 26.8 Å². The summed E-state index contributed by atoms with van der Waals surface area (Å²) in [4.78, 5) is 16.5. The van der Waals surface area contributed by atoms with E-state index in [0.717, 1.165) is 5.56 Å². The standard InChI is InChI=1S/C21H27FN4O.HI/c1-4-23-21(26-16(3)18-11-10-15(2)19(22)14-18)25-13-12-24-20(27)17-8-6-5-7-9-17;/h5-11,14,16H,4,12-13H2,1-3H3,(H,24,27)(H2,23,25,26);1H. The second-order valence-electron chi connectivity index (χ2n) is 6.26. The summed E-state index contributed by atoms with van der Waals surface area (Å²) in [7, 11) is 0. The van der Waals surface area contributed by atoms with Gasteiger partial charge in [-0.15, -0.1) is 24.0 Å². The molecule has 2 aromatic rings. The highest BCUT2D eigenvalue weighted by atomic mass is 127. The van der Waals surface area contributed by atoms with Gasteiger partial charge < -0.3 is 16.0 Å². The summed E-state index contributed by atoms with van der Waals surface area (Å²) in [5.41, 5.74) is 2.10. The minimum atomic E-state index is -0.216. The number of halogens is 2. The Morgan fingerprint density at radius 2 is 1.86 bits per heavy atom. The highest BCUT2D eigenvalue weighted by molar-refractivity contribution is 14.0. The fraction of sp³-hybridized carbons (Fsp3) is 0.333. The van der Waals surface area contributed by atoms with Crippen LogP contribution in [0.5, 0.6) is 0 Å². The van der Waals surface area contributed by atoms with Gasteiger partial charge in [-0.3, -0.25) is 9.79 Å². The molecule has 5 nitrogen and oxygen atoms in total. The molecule has 0 radical (unpaired) electrons. The first kappa shape index (κ1) is 23.9. The van der Waals surface area contributed by atoms with Gasteiger partial charge in [0.25, 0.3) is 5.91 Å². The molecule has 0 saturated carbocycles. The summed E-state index contributed by atoms with van der Waals surface area (Å²) >= 11 is 0. The molecule has 0 aliphatic heterocycles. The number of benzene rings is 2. The van der Waals surface area contributed by atoms with E-state index in [1.54, 1.807) is 25.1 Å². The van der Waals surface area contributed by atoms with E-state index in [0.29, 0.717) is 36.7 Å². The lowest BCUT2D eigenvalue weighted by molar-refractivity contribution is 0.0955. The quantitative estimate of drug-likeness (QED) is 0.236. The predicted octanol–water partition coefficient (Wildman–Crippen LogP) is 3.80. The van der Waals surface area contributed by atoms with Crippen LogP contribution in [-0.4, -0.2) is 31.5 Å². The van der Waals surface area contributed by atoms with E-state index in [9.17, 15) is 9.18 Å². The number of aryl methyl sites for hydroxylation is 1. The predicted molar refractivity (Wildman–Crippen MR) is 123 cm³/mol. The number of aliphatic imine (C=N–C) groups is 1. The third-order valence-corrected chi connectivity index (χ3v) is 4.10. The van der Waals surface area contributed by atoms with Crippen molar-refractivity contribution in [3.63, 3.8) is 0 Å². The van der Waals surface area contributed by atoms with Crippen LogP contribution in [0.25, 0.3) is 0 Å². The van der Waals surface area contributed by atoms with E-state index in [1.165, 1.54) is 6.07 Å². The summed E-state index contributed by atoms with van der Waals surface area (Å²) in [6.07, 6.45) is 0. The van der Waals surface area contributed by atoms with Crippen LogP contribution in [0.15, 0.2) is 53.5 Å². The smallest absolute Gasteiger partial charge is 0.251 e. The second kappa shape index (κ2) is 12.3. The second-order valence-corrected chi connectivity index (χ2v) is 6.26. The van der Waals surface area contributed by atoms with Crippen LogP contribution in [0, 0.1) is 12.7 Å². The zero-order chi connectivity index (χ0) is 19.6. The van der Waals surface area contributed by atoms with Gasteiger partial charge in [-0.25, -0.2) is 4.39 Å². The Labute approximate surface area is 183 Å². The van der Waals surface area contributed by atoms with Gasteiger partial charge in [-0.2, -0.15) is 0 Å². The zero-order valence-corrected chi connectivity index (χ0v) is 18.8. The first-order valence-electron chi connectivity index (χ1n) is 9.15. The molecule has 3 N–H and O–H groups in total. The molecular weight excluding hydrogens is 470 g/mol. The lowest BCUT2D eigenvalue weighted by Gasteiger charge is -2.18. The maximum Gasteiger partial charge on any atom is 0.251 e. The van der Waals surface area contributed by atoms with Crippen molar-refractivity contribution in [1.29, 1.82) is 0 Å². The average molecular weight is 498 g/mol. The van der Waals surface area contributed by atoms with Gasteiger partial charge >= 0.3 is 0 Å². The molecule has 0 heterocycles. The van der Waals surface area contributed by atoms with Crippen LogP contribution in [0.2, 0.25) is 0 Å². The van der Waals surface area contributed by atoms with Crippen molar-refractivity contribution in [3.8, 4) is 0 Å². The van der Waals surface area contributed by atoms with Crippen molar-refractivity contribution in [3.05, 3.63) is 71.0 Å². The third kappa shape index (κ3) is 7.46. The molecule has 28 heavy (non-hydrogen) atoms. The Balaban J connectivity index is 0.00000392. The van der Waals surface area contributed by atoms with E-state index in [-0.39, 0.29) is 41.7 Å². The van der Waals surface area contributed by atoms with Crippen molar-refractivity contribution < 1.29 is 9.18 Å². The van der Waals surface area contributed by atoms with Gasteiger partial charge in [0.15, 0.2) is 5.96 Å². The van der Waals surface area contributed by atoms with E-state index < -0.39 is 0 Å². The largest absolute Gasteiger partial charge is 0.357 e. The fourth-order valence-corrected chi connectivity index (χ4v) is 2.52. The number of hydrogen-bond donors (Lipinski definition) is 3. The molecular formula is C21H28FIN4O. The third-order valence-electron chi connectivity index (χ3n) is 4.10. The highest BCUT2D eigenvalue weighted by Crippen LogP contribution is 2.16. The summed E-state index contributed by atoms with van der Waals surface area (Å²) in [6.45, 7) is 7.24. The zero-order valence-electron chi connectivity index (χ0n) is 16.5. The van der Waals surface area contributed by atoms with Crippen molar-refractivity contribution in [2.75, 3.05) is 19.6 Å². The molecule has 0 saturated heterocycles. The number of nitrogens with zero attached hydrogens (tertiary/aromatic N) is 1. The van der Waals surface area contributed by atoms with E-state index in [2.05, 4.69) is 20.9 Å². The number of carbonyl (C=O) groups is 1. The first-order valence-corrected chi connectivity index (χ1v) is 9.15. The van der Waals surface area contributed by atoms with Crippen LogP contribution < -0.4 is 16.0 Å². The van der Waals surface area contributed by atoms with Crippen molar-refractivity contribution in [2.24, 2.45) is 4.99 Å². The maximum absolute atomic E-state index is 13.8. The number of amides is 1. The van der Waals surface area contributed by atoms with Crippen LogP contribution >= 0.6 is 24.0 Å². The molecule has 0 bridgehead atoms. The van der Waals surface area contributed by atoms with Crippen molar-refractivity contribution >= 4 is 35.8 Å². The summed E-state index contributed by atoms with van der Waals surface area (Å²) in [5.74, 6) is 0.291. The summed E-state index contributed by atoms with van der Waals surface area (Å²) in [6, 6.07) is 14.2. The Morgan fingerprint density at radius 3 is 2.50 bits per heavy atom. The topological polar surface area (TPSA) is 65.5 Å². The molecule has 1 unspecified atom stereocenters. The minimum absolute atomic E-state index is 0. The molecule has 2 rings (SSSR count). The molecule has 0 aliphatic carbocycles. The molecule has 1 amide bonds. The van der Waals surface area contributed by atoms with Gasteiger partial charge in [-0.05, 0) is 50.1 Å². The number of nitrogens with one attached hydrogen (secondary N) is 3. The molecule has 0 fully saturated rings. The highest BCUT2D eigenvalue weighted by Gasteiger charge is 2.10. The van der Waals surface area contributed by atoms with E-state index in [1.807, 2.05) is 38.1 Å². The number of hydrogen-bond acceptors (Lipinski definition) is 2. The maximum atomic E-state index is 13.8. The summed E-state index contributed by atoms with van der Waals surface area (Å²) < 4.78 is 13.8. The lowest BCUT2D eigenvalue weighted by atomic mass is 10.1. The Morgan fingerprint density at radius 1 is 1.14 bits per heavy atom. The van der Waals surface area contributed by atoms with Gasteiger partial charge in [-0.1, -0.05) is 30.3 Å². The lowest BCUT2D eigenvalue weighted by Crippen LogP contribution is -2.39. The van der Waals surface area contributed by atoms with E-state index in [4.69, 9.17) is 0 Å². The SMILES string of the molecule is CCNC(=NCCNC(=O)c1ccccc1)NC(C)c1ccc(C)c(F)c1.I. The van der Waals surface area contributed by atoms with Crippen molar-refractivity contribution in [1.82, 2.24) is 16.0 Å². The van der Waals surface area contributed by atoms with Gasteiger partial charge in [0.1, 0.15) is 5.82 Å². The number of rotatable bonds is 7. The molecule has 7 heteroatoms. The fourth-order valence-electron chi connectivity index (χ4n) is 2.52. The van der Waals surface area contributed by atoms with Crippen LogP contribution in [-0.2, 0) is 0 Å². The van der Waals surface area contributed by atoms with Gasteiger partial charge in [0, 0.05) is 18.7 Å². The van der Waals surface area contributed by atoms with E-state index >= 15 is 0 Å². The molecule has 2 aromatic carbocycles. The van der Waals surface area contributed by atoms with Gasteiger partial charge in [0.2, 0.25) is 0 Å². The Bertz CT molecular complexity index is 783. The molecule has 0 aliphatic rings. The molecule has 152 valence electrons. The normalized spacial score (nSPS) is 11.9. The Hall–Kier alpha value is -2.16. The number of guanidine groups is 1. The first-order chi connectivity index (χ1) is 13.0. The molecule has 1 atom stereocenters. The number of carbonyl (C=O) groups excluding carboxylic acids is 1. The monoisotopic (exact) mass is 498 g/mol. The van der Waals surface area contributed by atoms with Crippen LogP contribution in [0.1, 0.15) is 41.4 Å². The van der Waals surface area contributed by atoms with Crippen LogP contribution in [0.4, 0.5) is 4.39 Å². The van der Waals surface area contributed by atoms with Gasteiger partial charge in [0.05, 0.1) is 12.6 Å².